The third-order valence-electron chi connectivity index (χ3n) is 4.25. The van der Waals surface area contributed by atoms with Gasteiger partial charge >= 0.3 is 0 Å². The maximum atomic E-state index is 11.9. The van der Waals surface area contributed by atoms with Gasteiger partial charge in [0, 0.05) is 53.1 Å². The summed E-state index contributed by atoms with van der Waals surface area (Å²) in [4.78, 5) is 18.7. The van der Waals surface area contributed by atoms with Gasteiger partial charge in [-0.1, -0.05) is 29.8 Å². The molecular weight excluding hydrogens is 342 g/mol. The standard InChI is InChI=1S/C18H22ClN3OS/c1-13(20)18(23)22-10-8-21(9-11-22)12-14-6-7-17(24-14)15-4-2-3-5-16(15)19/h2-7,13H,8-12,20H2,1H3. The quantitative estimate of drug-likeness (QED) is 0.908. The fourth-order valence-electron chi connectivity index (χ4n) is 2.90. The van der Waals surface area contributed by atoms with Crippen molar-refractivity contribution in [1.29, 1.82) is 0 Å². The molecule has 4 nitrogen and oxygen atoms in total. The number of hydrogen-bond acceptors (Lipinski definition) is 4. The van der Waals surface area contributed by atoms with Crippen LogP contribution < -0.4 is 5.73 Å². The van der Waals surface area contributed by atoms with Crippen LogP contribution in [0.25, 0.3) is 10.4 Å². The molecule has 128 valence electrons. The fourth-order valence-corrected chi connectivity index (χ4v) is 4.29. The first-order valence-electron chi connectivity index (χ1n) is 8.15. The number of carbonyl (C=O) groups is 1. The van der Waals surface area contributed by atoms with E-state index in [4.69, 9.17) is 17.3 Å². The van der Waals surface area contributed by atoms with Crippen molar-refractivity contribution in [1.82, 2.24) is 9.80 Å². The predicted molar refractivity (Wildman–Crippen MR) is 100 cm³/mol. The summed E-state index contributed by atoms with van der Waals surface area (Å²) in [6.07, 6.45) is 0. The van der Waals surface area contributed by atoms with Gasteiger partial charge in [-0.05, 0) is 25.1 Å². The summed E-state index contributed by atoms with van der Waals surface area (Å²) in [6.45, 7) is 5.94. The van der Waals surface area contributed by atoms with Crippen molar-refractivity contribution >= 4 is 28.8 Å². The second kappa shape index (κ2) is 7.66. The number of thiophene rings is 1. The number of nitrogens with zero attached hydrogens (tertiary/aromatic N) is 2. The minimum Gasteiger partial charge on any atom is -0.339 e. The largest absolute Gasteiger partial charge is 0.339 e. The smallest absolute Gasteiger partial charge is 0.239 e. The number of benzene rings is 1. The monoisotopic (exact) mass is 363 g/mol. The van der Waals surface area contributed by atoms with Gasteiger partial charge in [-0.3, -0.25) is 9.69 Å². The topological polar surface area (TPSA) is 49.6 Å². The lowest BCUT2D eigenvalue weighted by Gasteiger charge is -2.35. The zero-order chi connectivity index (χ0) is 17.1. The van der Waals surface area contributed by atoms with Crippen LogP contribution in [-0.4, -0.2) is 47.9 Å². The van der Waals surface area contributed by atoms with E-state index in [2.05, 4.69) is 23.1 Å². The van der Waals surface area contributed by atoms with Crippen LogP contribution in [0.2, 0.25) is 5.02 Å². The Morgan fingerprint density at radius 1 is 1.21 bits per heavy atom. The molecule has 1 amide bonds. The lowest BCUT2D eigenvalue weighted by Crippen LogP contribution is -2.52. The molecule has 0 radical (unpaired) electrons. The minimum absolute atomic E-state index is 0.0479. The zero-order valence-corrected chi connectivity index (χ0v) is 15.3. The third-order valence-corrected chi connectivity index (χ3v) is 5.69. The Bertz CT molecular complexity index is 708. The first kappa shape index (κ1) is 17.4. The summed E-state index contributed by atoms with van der Waals surface area (Å²) in [5.41, 5.74) is 6.77. The molecule has 6 heteroatoms. The molecule has 1 aromatic heterocycles. The van der Waals surface area contributed by atoms with Crippen LogP contribution in [0.15, 0.2) is 36.4 Å². The lowest BCUT2D eigenvalue weighted by atomic mass is 10.2. The van der Waals surface area contributed by atoms with Crippen LogP contribution >= 0.6 is 22.9 Å². The summed E-state index contributed by atoms with van der Waals surface area (Å²) < 4.78 is 0. The minimum atomic E-state index is -0.410. The molecule has 2 aromatic rings. The van der Waals surface area contributed by atoms with Gasteiger partial charge in [-0.2, -0.15) is 0 Å². The van der Waals surface area contributed by atoms with Gasteiger partial charge in [0.15, 0.2) is 0 Å². The molecule has 0 spiro atoms. The summed E-state index contributed by atoms with van der Waals surface area (Å²) in [5, 5.41) is 0.786. The summed E-state index contributed by atoms with van der Waals surface area (Å²) in [6, 6.07) is 11.8. The molecule has 2 N–H and O–H groups in total. The summed E-state index contributed by atoms with van der Waals surface area (Å²) >= 11 is 8.06. The van der Waals surface area contributed by atoms with E-state index in [1.165, 1.54) is 9.75 Å². The van der Waals surface area contributed by atoms with Crippen LogP contribution in [0.4, 0.5) is 0 Å². The van der Waals surface area contributed by atoms with Crippen LogP contribution in [0, 0.1) is 0 Å². The van der Waals surface area contributed by atoms with Crippen molar-refractivity contribution in [3.63, 3.8) is 0 Å². The maximum absolute atomic E-state index is 11.9. The van der Waals surface area contributed by atoms with Crippen molar-refractivity contribution < 1.29 is 4.79 Å². The summed E-state index contributed by atoms with van der Waals surface area (Å²) in [7, 11) is 0. The van der Waals surface area contributed by atoms with Crippen LogP contribution in [0.5, 0.6) is 0 Å². The average molecular weight is 364 g/mol. The molecule has 0 aliphatic carbocycles. The molecule has 0 bridgehead atoms. The number of hydrogen-bond donors (Lipinski definition) is 1. The normalized spacial score (nSPS) is 17.0. The Kier molecular flexibility index (Phi) is 5.56. The Morgan fingerprint density at radius 3 is 2.58 bits per heavy atom. The average Bonchev–Trinajstić information content (AvgIpc) is 3.03. The Labute approximate surface area is 151 Å². The van der Waals surface area contributed by atoms with Gasteiger partial charge in [-0.25, -0.2) is 0 Å². The number of rotatable bonds is 4. The van der Waals surface area contributed by atoms with Crippen LogP contribution in [-0.2, 0) is 11.3 Å². The van der Waals surface area contributed by atoms with Gasteiger partial charge in [-0.15, -0.1) is 11.3 Å². The molecule has 1 unspecified atom stereocenters. The number of nitrogens with two attached hydrogens (primary N) is 1. The molecule has 2 heterocycles. The highest BCUT2D eigenvalue weighted by Gasteiger charge is 2.23. The number of carbonyl (C=O) groups excluding carboxylic acids is 1. The molecule has 1 aliphatic rings. The van der Waals surface area contributed by atoms with Crippen molar-refractivity contribution in [2.24, 2.45) is 5.73 Å². The van der Waals surface area contributed by atoms with Crippen LogP contribution in [0.3, 0.4) is 0 Å². The first-order valence-corrected chi connectivity index (χ1v) is 9.34. The van der Waals surface area contributed by atoms with Gasteiger partial charge in [0.2, 0.25) is 5.91 Å². The second-order valence-electron chi connectivity index (χ2n) is 6.14. The number of piperazine rings is 1. The number of halogens is 1. The zero-order valence-electron chi connectivity index (χ0n) is 13.7. The molecule has 0 saturated carbocycles. The van der Waals surface area contributed by atoms with Crippen LogP contribution in [0.1, 0.15) is 11.8 Å². The van der Waals surface area contributed by atoms with E-state index in [9.17, 15) is 4.79 Å². The molecule has 1 aromatic carbocycles. The Balaban J connectivity index is 1.59. The van der Waals surface area contributed by atoms with Crippen molar-refractivity contribution in [2.75, 3.05) is 26.2 Å². The van der Waals surface area contributed by atoms with E-state index in [-0.39, 0.29) is 5.91 Å². The second-order valence-corrected chi connectivity index (χ2v) is 7.71. The van der Waals surface area contributed by atoms with Crippen molar-refractivity contribution in [3.05, 3.63) is 46.3 Å². The third kappa shape index (κ3) is 3.98. The number of amides is 1. The van der Waals surface area contributed by atoms with Crippen molar-refractivity contribution in [2.45, 2.75) is 19.5 Å². The fraction of sp³-hybridized carbons (Fsp3) is 0.389. The van der Waals surface area contributed by atoms with Gasteiger partial charge in [0.25, 0.3) is 0 Å². The predicted octanol–water partition coefficient (Wildman–Crippen LogP) is 3.06. The molecule has 1 fully saturated rings. The van der Waals surface area contributed by atoms with E-state index in [1.807, 2.05) is 23.1 Å². The van der Waals surface area contributed by atoms with Gasteiger partial charge < -0.3 is 10.6 Å². The van der Waals surface area contributed by atoms with E-state index < -0.39 is 6.04 Å². The molecule has 24 heavy (non-hydrogen) atoms. The van der Waals surface area contributed by atoms with E-state index in [0.717, 1.165) is 43.3 Å². The maximum Gasteiger partial charge on any atom is 0.239 e. The van der Waals surface area contributed by atoms with Gasteiger partial charge in [0.05, 0.1) is 6.04 Å². The Hall–Kier alpha value is -1.40. The van der Waals surface area contributed by atoms with E-state index in [1.54, 1.807) is 18.3 Å². The SMILES string of the molecule is CC(N)C(=O)N1CCN(Cc2ccc(-c3ccccc3Cl)s2)CC1. The molecule has 1 atom stereocenters. The van der Waals surface area contributed by atoms with Crippen molar-refractivity contribution in [3.8, 4) is 10.4 Å². The first-order chi connectivity index (χ1) is 11.5. The highest BCUT2D eigenvalue weighted by molar-refractivity contribution is 7.15. The lowest BCUT2D eigenvalue weighted by molar-refractivity contribution is -0.134. The molecule has 1 saturated heterocycles. The highest BCUT2D eigenvalue weighted by atomic mass is 35.5. The van der Waals surface area contributed by atoms with Gasteiger partial charge in [0.1, 0.15) is 0 Å². The molecule has 1 aliphatic heterocycles. The summed E-state index contributed by atoms with van der Waals surface area (Å²) in [5.74, 6) is 0.0479. The highest BCUT2D eigenvalue weighted by Crippen LogP contribution is 2.33. The molecular formula is C18H22ClN3OS. The van der Waals surface area contributed by atoms with E-state index in [0.29, 0.717) is 0 Å². The van der Waals surface area contributed by atoms with E-state index >= 15 is 0 Å². The molecule has 3 rings (SSSR count). The Morgan fingerprint density at radius 2 is 1.92 bits per heavy atom.